The fourth-order valence-corrected chi connectivity index (χ4v) is 2.61. The molecule has 1 aliphatic rings. The Morgan fingerprint density at radius 3 is 2.81 bits per heavy atom. The standard InChI is InChI=1S/C11H15N7O2S/c1-5(2)20-8-13-7(12)14-9(15-8)21-11-17-16-10(19)18(11)6-3-4-6/h5-6H,3-4H2,1-2H3,(H,16,19)(H2,12,13,14,15). The second-order valence-electron chi connectivity index (χ2n) is 4.94. The third kappa shape index (κ3) is 3.15. The van der Waals surface area contributed by atoms with Crippen LogP contribution in [-0.2, 0) is 0 Å². The number of nitrogens with one attached hydrogen (secondary N) is 1. The molecule has 0 unspecified atom stereocenters. The first-order valence-corrected chi connectivity index (χ1v) is 7.37. The molecule has 112 valence electrons. The van der Waals surface area contributed by atoms with Crippen molar-refractivity contribution in [2.45, 2.75) is 49.1 Å². The van der Waals surface area contributed by atoms with E-state index in [0.717, 1.165) is 24.6 Å². The van der Waals surface area contributed by atoms with Gasteiger partial charge in [0.15, 0.2) is 5.16 Å². The number of rotatable bonds is 5. The maximum Gasteiger partial charge on any atom is 0.344 e. The average molecular weight is 309 g/mol. The van der Waals surface area contributed by atoms with Gasteiger partial charge < -0.3 is 10.5 Å². The number of hydrogen-bond donors (Lipinski definition) is 2. The lowest BCUT2D eigenvalue weighted by Gasteiger charge is -2.08. The summed E-state index contributed by atoms with van der Waals surface area (Å²) in [7, 11) is 0. The number of anilines is 1. The van der Waals surface area contributed by atoms with E-state index in [2.05, 4.69) is 25.1 Å². The summed E-state index contributed by atoms with van der Waals surface area (Å²) in [5.74, 6) is 0.0685. The fourth-order valence-electron chi connectivity index (χ4n) is 1.76. The highest BCUT2D eigenvalue weighted by molar-refractivity contribution is 7.99. The van der Waals surface area contributed by atoms with Gasteiger partial charge in [0.25, 0.3) is 0 Å². The van der Waals surface area contributed by atoms with Crippen molar-refractivity contribution in [2.75, 3.05) is 5.73 Å². The Balaban J connectivity index is 1.87. The van der Waals surface area contributed by atoms with E-state index in [1.165, 1.54) is 0 Å². The highest BCUT2D eigenvalue weighted by Crippen LogP contribution is 2.37. The predicted octanol–water partition coefficient (Wildman–Crippen LogP) is 0.612. The van der Waals surface area contributed by atoms with Crippen molar-refractivity contribution in [1.29, 1.82) is 0 Å². The molecule has 0 aromatic carbocycles. The molecule has 0 saturated heterocycles. The summed E-state index contributed by atoms with van der Waals surface area (Å²) in [6.07, 6.45) is 1.89. The number of hydrogen-bond acceptors (Lipinski definition) is 8. The van der Waals surface area contributed by atoms with Crippen LogP contribution in [0.5, 0.6) is 6.01 Å². The van der Waals surface area contributed by atoms with Crippen LogP contribution in [0.1, 0.15) is 32.7 Å². The van der Waals surface area contributed by atoms with Crippen LogP contribution in [0.15, 0.2) is 15.1 Å². The minimum absolute atomic E-state index is 0.0685. The summed E-state index contributed by atoms with van der Waals surface area (Å²) >= 11 is 1.16. The molecule has 0 aliphatic heterocycles. The van der Waals surface area contributed by atoms with E-state index in [4.69, 9.17) is 10.5 Å². The molecule has 2 heterocycles. The molecule has 0 bridgehead atoms. The third-order valence-corrected chi connectivity index (χ3v) is 3.56. The minimum atomic E-state index is -0.222. The second-order valence-corrected chi connectivity index (χ2v) is 5.87. The molecule has 3 rings (SSSR count). The molecule has 0 radical (unpaired) electrons. The van der Waals surface area contributed by atoms with E-state index < -0.39 is 0 Å². The quantitative estimate of drug-likeness (QED) is 0.823. The van der Waals surface area contributed by atoms with Gasteiger partial charge in [-0.05, 0) is 38.5 Å². The van der Waals surface area contributed by atoms with Crippen LogP contribution in [0.3, 0.4) is 0 Å². The van der Waals surface area contributed by atoms with Crippen molar-refractivity contribution >= 4 is 17.7 Å². The van der Waals surface area contributed by atoms with E-state index in [9.17, 15) is 4.79 Å². The molecule has 21 heavy (non-hydrogen) atoms. The molecule has 1 aliphatic carbocycles. The number of nitrogen functional groups attached to an aromatic ring is 1. The van der Waals surface area contributed by atoms with Crippen molar-refractivity contribution in [3.05, 3.63) is 10.5 Å². The van der Waals surface area contributed by atoms with Crippen LogP contribution in [0.4, 0.5) is 5.95 Å². The van der Waals surface area contributed by atoms with Gasteiger partial charge in [-0.1, -0.05) is 0 Å². The zero-order valence-electron chi connectivity index (χ0n) is 11.6. The summed E-state index contributed by atoms with van der Waals surface area (Å²) in [5.41, 5.74) is 5.43. The Hall–Kier alpha value is -2.10. The van der Waals surface area contributed by atoms with Gasteiger partial charge in [0.2, 0.25) is 11.1 Å². The second kappa shape index (κ2) is 5.35. The maximum atomic E-state index is 11.7. The molecular weight excluding hydrogens is 294 g/mol. The Morgan fingerprint density at radius 1 is 1.38 bits per heavy atom. The van der Waals surface area contributed by atoms with Gasteiger partial charge in [-0.3, -0.25) is 4.57 Å². The summed E-state index contributed by atoms with van der Waals surface area (Å²) in [4.78, 5) is 23.8. The Morgan fingerprint density at radius 2 is 2.14 bits per heavy atom. The van der Waals surface area contributed by atoms with Crippen LogP contribution in [0, 0.1) is 0 Å². The van der Waals surface area contributed by atoms with Crippen molar-refractivity contribution < 1.29 is 4.74 Å². The van der Waals surface area contributed by atoms with Crippen LogP contribution < -0.4 is 16.2 Å². The molecule has 0 amide bonds. The van der Waals surface area contributed by atoms with Crippen molar-refractivity contribution in [3.63, 3.8) is 0 Å². The van der Waals surface area contributed by atoms with E-state index in [-0.39, 0.29) is 29.8 Å². The first-order chi connectivity index (χ1) is 10.0. The Bertz CT molecular complexity index is 707. The maximum absolute atomic E-state index is 11.7. The highest BCUT2D eigenvalue weighted by Gasteiger charge is 2.29. The van der Waals surface area contributed by atoms with E-state index in [1.807, 2.05) is 13.8 Å². The highest BCUT2D eigenvalue weighted by atomic mass is 32.2. The van der Waals surface area contributed by atoms with E-state index >= 15 is 0 Å². The zero-order valence-corrected chi connectivity index (χ0v) is 12.4. The molecule has 1 fully saturated rings. The monoisotopic (exact) mass is 309 g/mol. The summed E-state index contributed by atoms with van der Waals surface area (Å²) in [5, 5.41) is 7.31. The van der Waals surface area contributed by atoms with Crippen molar-refractivity contribution in [2.24, 2.45) is 0 Å². The van der Waals surface area contributed by atoms with Crippen LogP contribution in [0.25, 0.3) is 0 Å². The number of ether oxygens (including phenoxy) is 1. The summed E-state index contributed by atoms with van der Waals surface area (Å²) < 4.78 is 7.03. The lowest BCUT2D eigenvalue weighted by atomic mass is 10.5. The van der Waals surface area contributed by atoms with Crippen LogP contribution >= 0.6 is 11.8 Å². The van der Waals surface area contributed by atoms with Crippen molar-refractivity contribution in [3.8, 4) is 6.01 Å². The molecule has 1 saturated carbocycles. The fraction of sp³-hybridized carbons (Fsp3) is 0.545. The Labute approximate surface area is 124 Å². The van der Waals surface area contributed by atoms with Gasteiger partial charge in [0.1, 0.15) is 0 Å². The van der Waals surface area contributed by atoms with Gasteiger partial charge in [0, 0.05) is 6.04 Å². The van der Waals surface area contributed by atoms with Gasteiger partial charge in [0.05, 0.1) is 6.10 Å². The van der Waals surface area contributed by atoms with Crippen molar-refractivity contribution in [1.82, 2.24) is 29.7 Å². The summed E-state index contributed by atoms with van der Waals surface area (Å²) in [6, 6.07) is 0.375. The van der Waals surface area contributed by atoms with Gasteiger partial charge in [-0.25, -0.2) is 9.89 Å². The number of aromatic nitrogens is 6. The normalized spacial score (nSPS) is 14.6. The number of aromatic amines is 1. The first kappa shape index (κ1) is 13.9. The average Bonchev–Trinajstić information content (AvgIpc) is 3.13. The topological polar surface area (TPSA) is 125 Å². The SMILES string of the molecule is CC(C)Oc1nc(N)nc(Sc2n[nH]c(=O)n2C2CC2)n1. The number of nitrogens with two attached hydrogens (primary N) is 1. The van der Waals surface area contributed by atoms with Crippen LogP contribution in [0.2, 0.25) is 0 Å². The Kier molecular flexibility index (Phi) is 3.53. The van der Waals surface area contributed by atoms with Gasteiger partial charge >= 0.3 is 11.7 Å². The molecule has 9 nitrogen and oxygen atoms in total. The molecule has 2 aromatic rings. The molecule has 0 atom stereocenters. The third-order valence-electron chi connectivity index (χ3n) is 2.72. The lowest BCUT2D eigenvalue weighted by Crippen LogP contribution is -2.16. The molecule has 10 heteroatoms. The van der Waals surface area contributed by atoms with Gasteiger partial charge in [-0.15, -0.1) is 5.10 Å². The predicted molar refractivity (Wildman–Crippen MR) is 75.2 cm³/mol. The van der Waals surface area contributed by atoms with E-state index in [1.54, 1.807) is 4.57 Å². The largest absolute Gasteiger partial charge is 0.461 e. The number of nitrogens with zero attached hydrogens (tertiary/aromatic N) is 5. The first-order valence-electron chi connectivity index (χ1n) is 6.56. The zero-order chi connectivity index (χ0) is 15.0. The van der Waals surface area contributed by atoms with Gasteiger partial charge in [-0.2, -0.15) is 15.0 Å². The van der Waals surface area contributed by atoms with E-state index in [0.29, 0.717) is 10.3 Å². The summed E-state index contributed by atoms with van der Waals surface area (Å²) in [6.45, 7) is 3.73. The molecule has 3 N–H and O–H groups in total. The van der Waals surface area contributed by atoms with Crippen LogP contribution in [-0.4, -0.2) is 35.8 Å². The molecular formula is C11H15N7O2S. The smallest absolute Gasteiger partial charge is 0.344 e. The molecule has 2 aromatic heterocycles. The minimum Gasteiger partial charge on any atom is -0.461 e. The lowest BCUT2D eigenvalue weighted by molar-refractivity contribution is 0.219. The number of H-pyrrole nitrogens is 1. The molecule has 0 spiro atoms.